The van der Waals surface area contributed by atoms with Gasteiger partial charge in [-0.25, -0.2) is 0 Å². The Labute approximate surface area is 124 Å². The predicted octanol–water partition coefficient (Wildman–Crippen LogP) is 2.95. The van der Waals surface area contributed by atoms with Crippen LogP contribution in [-0.4, -0.2) is 24.1 Å². The van der Waals surface area contributed by atoms with Gasteiger partial charge in [-0.2, -0.15) is 0 Å². The number of methoxy groups -OCH3 is 1. The molecule has 2 rings (SSSR count). The minimum atomic E-state index is 0.0652. The number of rotatable bonds is 5. The highest BCUT2D eigenvalue weighted by Crippen LogP contribution is 2.27. The summed E-state index contributed by atoms with van der Waals surface area (Å²) in [6.45, 7) is 1.92. The number of ether oxygens (including phenoxy) is 1. The average Bonchev–Trinajstić information content (AvgIpc) is 2.46. The molecule has 5 heteroatoms. The minimum absolute atomic E-state index is 0.0652. The molecule has 4 nitrogen and oxygen atoms in total. The van der Waals surface area contributed by atoms with Crippen molar-refractivity contribution in [3.8, 4) is 5.75 Å². The van der Waals surface area contributed by atoms with Gasteiger partial charge in [0.15, 0.2) is 0 Å². The van der Waals surface area contributed by atoms with Crippen LogP contribution in [0.15, 0.2) is 30.6 Å². The molecule has 1 N–H and O–H groups in total. The van der Waals surface area contributed by atoms with Crippen LogP contribution in [0.3, 0.4) is 0 Å². The Morgan fingerprint density at radius 3 is 2.70 bits per heavy atom. The van der Waals surface area contributed by atoms with E-state index in [-0.39, 0.29) is 6.04 Å². The molecule has 2 aromatic rings. The smallest absolute Gasteiger partial charge is 0.122 e. The van der Waals surface area contributed by atoms with Crippen molar-refractivity contribution in [1.82, 2.24) is 15.3 Å². The van der Waals surface area contributed by atoms with E-state index in [1.54, 1.807) is 19.5 Å². The van der Waals surface area contributed by atoms with E-state index in [9.17, 15) is 0 Å². The van der Waals surface area contributed by atoms with Crippen molar-refractivity contribution in [1.29, 1.82) is 0 Å². The van der Waals surface area contributed by atoms with Crippen LogP contribution in [0.1, 0.15) is 23.0 Å². The van der Waals surface area contributed by atoms with E-state index in [1.165, 1.54) is 0 Å². The molecule has 1 aromatic carbocycles. The molecule has 0 saturated carbocycles. The lowest BCUT2D eigenvalue weighted by Gasteiger charge is -2.17. The SMILES string of the molecule is CNC(Cc1cc(Cl)ccc1OC)c1cnc(C)cn1. The molecule has 0 spiro atoms. The van der Waals surface area contributed by atoms with Crippen molar-refractivity contribution in [2.75, 3.05) is 14.2 Å². The maximum Gasteiger partial charge on any atom is 0.122 e. The second kappa shape index (κ2) is 6.68. The first-order valence-electron chi connectivity index (χ1n) is 6.42. The van der Waals surface area contributed by atoms with Crippen LogP contribution in [0.25, 0.3) is 0 Å². The highest BCUT2D eigenvalue weighted by atomic mass is 35.5. The maximum absolute atomic E-state index is 6.06. The molecule has 0 bridgehead atoms. The van der Waals surface area contributed by atoms with Crippen molar-refractivity contribution in [3.05, 3.63) is 52.6 Å². The number of hydrogen-bond acceptors (Lipinski definition) is 4. The number of likely N-dealkylation sites (N-methyl/N-ethyl adjacent to an activating group) is 1. The molecular formula is C15H18ClN3O. The van der Waals surface area contributed by atoms with Gasteiger partial charge in [0.2, 0.25) is 0 Å². The molecule has 1 heterocycles. The number of benzene rings is 1. The van der Waals surface area contributed by atoms with Crippen molar-refractivity contribution in [2.45, 2.75) is 19.4 Å². The normalized spacial score (nSPS) is 12.2. The summed E-state index contributed by atoms with van der Waals surface area (Å²) in [6.07, 6.45) is 4.31. The molecule has 0 fully saturated rings. The Balaban J connectivity index is 2.26. The number of halogens is 1. The third kappa shape index (κ3) is 3.46. The zero-order chi connectivity index (χ0) is 14.5. The lowest BCUT2D eigenvalue weighted by molar-refractivity contribution is 0.406. The van der Waals surface area contributed by atoms with E-state index in [1.807, 2.05) is 32.2 Å². The monoisotopic (exact) mass is 291 g/mol. The molecule has 0 saturated heterocycles. The lowest BCUT2D eigenvalue weighted by atomic mass is 10.0. The van der Waals surface area contributed by atoms with Gasteiger partial charge in [0.1, 0.15) is 5.75 Å². The maximum atomic E-state index is 6.06. The van der Waals surface area contributed by atoms with E-state index in [2.05, 4.69) is 15.3 Å². The molecule has 0 aliphatic rings. The summed E-state index contributed by atoms with van der Waals surface area (Å²) in [5, 5.41) is 3.96. The van der Waals surface area contributed by atoms with Crippen molar-refractivity contribution < 1.29 is 4.74 Å². The number of aryl methyl sites for hydroxylation is 1. The molecule has 1 aromatic heterocycles. The van der Waals surface area contributed by atoms with Gasteiger partial charge >= 0.3 is 0 Å². The third-order valence-corrected chi connectivity index (χ3v) is 3.41. The van der Waals surface area contributed by atoms with E-state index in [0.717, 1.165) is 29.1 Å². The van der Waals surface area contributed by atoms with Crippen molar-refractivity contribution >= 4 is 11.6 Å². The van der Waals surface area contributed by atoms with E-state index >= 15 is 0 Å². The summed E-state index contributed by atoms with van der Waals surface area (Å²) in [7, 11) is 3.57. The molecule has 0 aliphatic carbocycles. The van der Waals surface area contributed by atoms with E-state index in [4.69, 9.17) is 16.3 Å². The Kier molecular flexibility index (Phi) is 4.93. The van der Waals surface area contributed by atoms with Crippen LogP contribution < -0.4 is 10.1 Å². The molecule has 106 valence electrons. The molecule has 1 unspecified atom stereocenters. The Bertz CT molecular complexity index is 572. The number of aromatic nitrogens is 2. The second-order valence-electron chi connectivity index (χ2n) is 4.58. The summed E-state index contributed by atoms with van der Waals surface area (Å²) in [5.74, 6) is 0.828. The van der Waals surface area contributed by atoms with Crippen LogP contribution in [0.4, 0.5) is 0 Å². The zero-order valence-corrected chi connectivity index (χ0v) is 12.6. The summed E-state index contributed by atoms with van der Waals surface area (Å²) in [5.41, 5.74) is 2.85. The third-order valence-electron chi connectivity index (χ3n) is 3.17. The molecule has 20 heavy (non-hydrogen) atoms. The quantitative estimate of drug-likeness (QED) is 0.920. The average molecular weight is 292 g/mol. The minimum Gasteiger partial charge on any atom is -0.496 e. The molecule has 0 radical (unpaired) electrons. The second-order valence-corrected chi connectivity index (χ2v) is 5.02. The number of nitrogens with one attached hydrogen (secondary N) is 1. The molecular weight excluding hydrogens is 274 g/mol. The first-order chi connectivity index (χ1) is 9.63. The Hall–Kier alpha value is -1.65. The van der Waals surface area contributed by atoms with Gasteiger partial charge in [0, 0.05) is 11.2 Å². The predicted molar refractivity (Wildman–Crippen MR) is 80.3 cm³/mol. The van der Waals surface area contributed by atoms with Crippen molar-refractivity contribution in [3.63, 3.8) is 0 Å². The summed E-state index contributed by atoms with van der Waals surface area (Å²) < 4.78 is 5.38. The van der Waals surface area contributed by atoms with Gasteiger partial charge in [-0.1, -0.05) is 11.6 Å². The van der Waals surface area contributed by atoms with Crippen LogP contribution in [0.2, 0.25) is 5.02 Å². The van der Waals surface area contributed by atoms with E-state index in [0.29, 0.717) is 5.02 Å². The van der Waals surface area contributed by atoms with Gasteiger partial charge in [0.05, 0.1) is 30.7 Å². The lowest BCUT2D eigenvalue weighted by Crippen LogP contribution is -2.20. The molecule has 1 atom stereocenters. The van der Waals surface area contributed by atoms with Crippen LogP contribution >= 0.6 is 11.6 Å². The topological polar surface area (TPSA) is 47.0 Å². The standard InChI is InChI=1S/C15H18ClN3O/c1-10-8-19-14(9-18-10)13(17-2)7-11-6-12(16)4-5-15(11)20-3/h4-6,8-9,13,17H,7H2,1-3H3. The van der Waals surface area contributed by atoms with Crippen molar-refractivity contribution in [2.24, 2.45) is 0 Å². The van der Waals surface area contributed by atoms with Crippen LogP contribution in [0.5, 0.6) is 5.75 Å². The van der Waals surface area contributed by atoms with Gasteiger partial charge < -0.3 is 10.1 Å². The number of nitrogens with zero attached hydrogens (tertiary/aromatic N) is 2. The van der Waals surface area contributed by atoms with Gasteiger partial charge in [-0.05, 0) is 44.2 Å². The molecule has 0 amide bonds. The van der Waals surface area contributed by atoms with Gasteiger partial charge in [-0.3, -0.25) is 9.97 Å². The first kappa shape index (κ1) is 14.8. The zero-order valence-electron chi connectivity index (χ0n) is 11.9. The van der Waals surface area contributed by atoms with Gasteiger partial charge in [0.25, 0.3) is 0 Å². The highest BCUT2D eigenvalue weighted by molar-refractivity contribution is 6.30. The fourth-order valence-electron chi connectivity index (χ4n) is 2.06. The number of hydrogen-bond donors (Lipinski definition) is 1. The fraction of sp³-hybridized carbons (Fsp3) is 0.333. The fourth-order valence-corrected chi connectivity index (χ4v) is 2.26. The molecule has 0 aliphatic heterocycles. The van der Waals surface area contributed by atoms with E-state index < -0.39 is 0 Å². The summed E-state index contributed by atoms with van der Waals surface area (Å²) in [4.78, 5) is 8.71. The summed E-state index contributed by atoms with van der Waals surface area (Å²) >= 11 is 6.06. The largest absolute Gasteiger partial charge is 0.496 e. The Morgan fingerprint density at radius 1 is 1.30 bits per heavy atom. The summed E-state index contributed by atoms with van der Waals surface area (Å²) in [6, 6.07) is 5.69. The highest BCUT2D eigenvalue weighted by Gasteiger charge is 2.15. The Morgan fingerprint density at radius 2 is 2.10 bits per heavy atom. The van der Waals surface area contributed by atoms with Gasteiger partial charge in [-0.15, -0.1) is 0 Å². The first-order valence-corrected chi connectivity index (χ1v) is 6.80. The van der Waals surface area contributed by atoms with Crippen LogP contribution in [0, 0.1) is 6.92 Å². The van der Waals surface area contributed by atoms with Crippen LogP contribution in [-0.2, 0) is 6.42 Å².